The lowest BCUT2D eigenvalue weighted by Gasteiger charge is -2.29. The van der Waals surface area contributed by atoms with Crippen molar-refractivity contribution in [2.45, 2.75) is 31.9 Å². The molecule has 0 aliphatic carbocycles. The highest BCUT2D eigenvalue weighted by atomic mass is 16.5. The Bertz CT molecular complexity index is 126. The van der Waals surface area contributed by atoms with Gasteiger partial charge in [0.15, 0.2) is 0 Å². The largest absolute Gasteiger partial charge is 0.376 e. The van der Waals surface area contributed by atoms with Gasteiger partial charge in [-0.05, 0) is 25.3 Å². The standard InChI is InChI=1S/C8H15NO/c1-6-4-7-8(10-5-6)2-3-9-7/h6-9H,2-5H2,1H3. The van der Waals surface area contributed by atoms with Gasteiger partial charge in [0.25, 0.3) is 0 Å². The van der Waals surface area contributed by atoms with E-state index < -0.39 is 0 Å². The first-order valence-corrected chi connectivity index (χ1v) is 4.21. The highest BCUT2D eigenvalue weighted by molar-refractivity contribution is 4.88. The highest BCUT2D eigenvalue weighted by Gasteiger charge is 2.32. The van der Waals surface area contributed by atoms with Crippen molar-refractivity contribution < 1.29 is 4.74 Å². The molecular weight excluding hydrogens is 126 g/mol. The third kappa shape index (κ3) is 1.06. The van der Waals surface area contributed by atoms with Gasteiger partial charge in [0.05, 0.1) is 6.10 Å². The molecule has 2 heteroatoms. The first-order valence-electron chi connectivity index (χ1n) is 4.21. The summed E-state index contributed by atoms with van der Waals surface area (Å²) in [5, 5.41) is 3.46. The van der Waals surface area contributed by atoms with Gasteiger partial charge < -0.3 is 10.1 Å². The van der Waals surface area contributed by atoms with Gasteiger partial charge in [-0.25, -0.2) is 0 Å². The molecule has 3 unspecified atom stereocenters. The third-order valence-electron chi connectivity index (χ3n) is 2.54. The summed E-state index contributed by atoms with van der Waals surface area (Å²) in [6.07, 6.45) is 3.07. The lowest BCUT2D eigenvalue weighted by atomic mass is 9.96. The Morgan fingerprint density at radius 3 is 3.30 bits per heavy atom. The molecule has 0 spiro atoms. The molecule has 3 atom stereocenters. The van der Waals surface area contributed by atoms with Gasteiger partial charge in [-0.1, -0.05) is 6.92 Å². The van der Waals surface area contributed by atoms with E-state index in [0.29, 0.717) is 12.1 Å². The second-order valence-electron chi connectivity index (χ2n) is 3.56. The summed E-state index contributed by atoms with van der Waals surface area (Å²) in [4.78, 5) is 0. The average molecular weight is 141 g/mol. The van der Waals surface area contributed by atoms with Crippen LogP contribution in [0.2, 0.25) is 0 Å². The maximum atomic E-state index is 5.65. The molecule has 0 amide bonds. The van der Waals surface area contributed by atoms with Gasteiger partial charge >= 0.3 is 0 Å². The quantitative estimate of drug-likeness (QED) is 0.538. The molecule has 58 valence electrons. The minimum Gasteiger partial charge on any atom is -0.376 e. The molecule has 2 aliphatic heterocycles. The van der Waals surface area contributed by atoms with Gasteiger partial charge in [0, 0.05) is 12.6 Å². The van der Waals surface area contributed by atoms with Crippen LogP contribution in [-0.4, -0.2) is 25.3 Å². The second kappa shape index (κ2) is 2.51. The molecule has 2 nitrogen and oxygen atoms in total. The molecule has 2 fully saturated rings. The van der Waals surface area contributed by atoms with E-state index in [0.717, 1.165) is 19.1 Å². The van der Waals surface area contributed by atoms with Crippen molar-refractivity contribution in [2.75, 3.05) is 13.2 Å². The van der Waals surface area contributed by atoms with Gasteiger partial charge in [0.2, 0.25) is 0 Å². The van der Waals surface area contributed by atoms with Crippen LogP contribution in [0.3, 0.4) is 0 Å². The van der Waals surface area contributed by atoms with E-state index in [1.54, 1.807) is 0 Å². The lowest BCUT2D eigenvalue weighted by molar-refractivity contribution is -0.0159. The van der Waals surface area contributed by atoms with Crippen molar-refractivity contribution in [2.24, 2.45) is 5.92 Å². The van der Waals surface area contributed by atoms with Crippen LogP contribution in [0.15, 0.2) is 0 Å². The van der Waals surface area contributed by atoms with Crippen molar-refractivity contribution in [3.8, 4) is 0 Å². The number of nitrogens with one attached hydrogen (secondary N) is 1. The third-order valence-corrected chi connectivity index (χ3v) is 2.54. The van der Waals surface area contributed by atoms with Crippen molar-refractivity contribution in [3.05, 3.63) is 0 Å². The smallest absolute Gasteiger partial charge is 0.0740 e. The Labute approximate surface area is 61.9 Å². The van der Waals surface area contributed by atoms with E-state index in [2.05, 4.69) is 12.2 Å². The molecule has 10 heavy (non-hydrogen) atoms. The average Bonchev–Trinajstić information content (AvgIpc) is 2.33. The summed E-state index contributed by atoms with van der Waals surface area (Å²) in [6.45, 7) is 4.39. The zero-order valence-corrected chi connectivity index (χ0v) is 6.47. The van der Waals surface area contributed by atoms with Gasteiger partial charge in [-0.2, -0.15) is 0 Å². The molecule has 0 bridgehead atoms. The summed E-state index contributed by atoms with van der Waals surface area (Å²) in [6, 6.07) is 0.670. The van der Waals surface area contributed by atoms with Gasteiger partial charge in [-0.15, -0.1) is 0 Å². The number of hydrogen-bond acceptors (Lipinski definition) is 2. The Hall–Kier alpha value is -0.0800. The van der Waals surface area contributed by atoms with Crippen molar-refractivity contribution in [1.82, 2.24) is 5.32 Å². The Kier molecular flexibility index (Phi) is 1.66. The van der Waals surface area contributed by atoms with E-state index in [4.69, 9.17) is 4.74 Å². The number of ether oxygens (including phenoxy) is 1. The first kappa shape index (κ1) is 6.62. The van der Waals surface area contributed by atoms with Crippen molar-refractivity contribution in [1.29, 1.82) is 0 Å². The van der Waals surface area contributed by atoms with Gasteiger partial charge in [0.1, 0.15) is 0 Å². The summed E-state index contributed by atoms with van der Waals surface area (Å²) >= 11 is 0. The molecule has 2 saturated heterocycles. The molecule has 2 aliphatic rings. The molecule has 0 aromatic rings. The topological polar surface area (TPSA) is 21.3 Å². The Morgan fingerprint density at radius 2 is 2.40 bits per heavy atom. The molecule has 0 saturated carbocycles. The fourth-order valence-corrected chi connectivity index (χ4v) is 1.97. The lowest BCUT2D eigenvalue weighted by Crippen LogP contribution is -2.39. The van der Waals surface area contributed by atoms with Crippen LogP contribution in [0.1, 0.15) is 19.8 Å². The summed E-state index contributed by atoms with van der Waals surface area (Å²) in [5.74, 6) is 0.756. The van der Waals surface area contributed by atoms with E-state index >= 15 is 0 Å². The summed E-state index contributed by atoms with van der Waals surface area (Å²) < 4.78 is 5.65. The SMILES string of the molecule is CC1COC2CCNC2C1. The first-order chi connectivity index (χ1) is 4.86. The minimum absolute atomic E-state index is 0.538. The maximum Gasteiger partial charge on any atom is 0.0740 e. The van der Waals surface area contributed by atoms with E-state index in [-0.39, 0.29) is 0 Å². The molecular formula is C8H15NO. The number of fused-ring (bicyclic) bond motifs is 1. The predicted octanol–water partition coefficient (Wildman–Crippen LogP) is 0.773. The van der Waals surface area contributed by atoms with Crippen LogP contribution >= 0.6 is 0 Å². The van der Waals surface area contributed by atoms with E-state index in [1.165, 1.54) is 12.8 Å². The van der Waals surface area contributed by atoms with Crippen LogP contribution in [0, 0.1) is 5.92 Å². The highest BCUT2D eigenvalue weighted by Crippen LogP contribution is 2.24. The minimum atomic E-state index is 0.538. The molecule has 0 aromatic heterocycles. The fourth-order valence-electron chi connectivity index (χ4n) is 1.97. The van der Waals surface area contributed by atoms with Crippen molar-refractivity contribution >= 4 is 0 Å². The van der Waals surface area contributed by atoms with Crippen LogP contribution < -0.4 is 5.32 Å². The molecule has 0 radical (unpaired) electrons. The van der Waals surface area contributed by atoms with E-state index in [1.807, 2.05) is 0 Å². The zero-order chi connectivity index (χ0) is 6.97. The number of hydrogen-bond donors (Lipinski definition) is 1. The Balaban J connectivity index is 1.96. The summed E-state index contributed by atoms with van der Waals surface area (Å²) in [7, 11) is 0. The van der Waals surface area contributed by atoms with E-state index in [9.17, 15) is 0 Å². The van der Waals surface area contributed by atoms with Crippen LogP contribution in [0.5, 0.6) is 0 Å². The molecule has 0 aromatic carbocycles. The van der Waals surface area contributed by atoms with Crippen molar-refractivity contribution in [3.63, 3.8) is 0 Å². The molecule has 2 heterocycles. The number of rotatable bonds is 0. The normalized spacial score (nSPS) is 47.1. The van der Waals surface area contributed by atoms with Gasteiger partial charge in [-0.3, -0.25) is 0 Å². The van der Waals surface area contributed by atoms with Crippen LogP contribution in [0.25, 0.3) is 0 Å². The monoisotopic (exact) mass is 141 g/mol. The second-order valence-corrected chi connectivity index (χ2v) is 3.56. The Morgan fingerprint density at radius 1 is 1.50 bits per heavy atom. The van der Waals surface area contributed by atoms with Crippen LogP contribution in [0.4, 0.5) is 0 Å². The fraction of sp³-hybridized carbons (Fsp3) is 1.00. The predicted molar refractivity (Wildman–Crippen MR) is 39.9 cm³/mol. The van der Waals surface area contributed by atoms with Crippen LogP contribution in [-0.2, 0) is 4.74 Å². The molecule has 2 rings (SSSR count). The maximum absolute atomic E-state index is 5.65. The zero-order valence-electron chi connectivity index (χ0n) is 6.47. The summed E-state index contributed by atoms with van der Waals surface area (Å²) in [5.41, 5.74) is 0. The molecule has 1 N–H and O–H groups in total.